The fraction of sp³-hybridized carbons (Fsp3) is 0.435. The number of hydrogen-bond acceptors (Lipinski definition) is 4. The van der Waals surface area contributed by atoms with Crippen molar-refractivity contribution in [1.29, 1.82) is 0 Å². The Hall–Kier alpha value is -2.29. The van der Waals surface area contributed by atoms with Gasteiger partial charge in [0.25, 0.3) is 0 Å². The average molecular weight is 462 g/mol. The lowest BCUT2D eigenvalue weighted by atomic mass is 9.69. The summed E-state index contributed by atoms with van der Waals surface area (Å²) < 4.78 is 33.7. The third-order valence-electron chi connectivity index (χ3n) is 6.94. The number of ether oxygens (including phenoxy) is 1. The molecule has 1 amide bonds. The Balaban J connectivity index is 1.87. The SMILES string of the molecule is C[C@H]1c2c(cc(F)c(Cl)c2B2OC(C)(C)C(C)(C)O2)O[C@]1(CNC(=O)O)c1ccccc1. The largest absolute Gasteiger partial charge is 0.496 e. The van der Waals surface area contributed by atoms with Gasteiger partial charge in [-0.15, -0.1) is 0 Å². The van der Waals surface area contributed by atoms with Crippen molar-refractivity contribution < 1.29 is 28.3 Å². The second kappa shape index (κ2) is 7.64. The van der Waals surface area contributed by atoms with E-state index in [-0.39, 0.29) is 17.5 Å². The van der Waals surface area contributed by atoms with Crippen LogP contribution in [0.25, 0.3) is 0 Å². The van der Waals surface area contributed by atoms with Crippen LogP contribution in [0.4, 0.5) is 9.18 Å². The normalized spacial score (nSPS) is 25.3. The number of benzene rings is 2. The van der Waals surface area contributed by atoms with Gasteiger partial charge >= 0.3 is 13.2 Å². The quantitative estimate of drug-likeness (QED) is 0.659. The molecule has 2 aliphatic rings. The summed E-state index contributed by atoms with van der Waals surface area (Å²) in [6, 6.07) is 10.5. The van der Waals surface area contributed by atoms with Gasteiger partial charge in [0.2, 0.25) is 0 Å². The number of amides is 1. The van der Waals surface area contributed by atoms with E-state index < -0.39 is 35.8 Å². The molecule has 1 fully saturated rings. The average Bonchev–Trinajstić information content (AvgIpc) is 3.11. The van der Waals surface area contributed by atoms with Gasteiger partial charge in [-0.25, -0.2) is 9.18 Å². The van der Waals surface area contributed by atoms with Gasteiger partial charge in [0, 0.05) is 23.0 Å². The summed E-state index contributed by atoms with van der Waals surface area (Å²) in [5.41, 5.74) is -0.618. The third kappa shape index (κ3) is 3.45. The Morgan fingerprint density at radius 2 is 1.78 bits per heavy atom. The van der Waals surface area contributed by atoms with Crippen LogP contribution in [0.5, 0.6) is 5.75 Å². The Labute approximate surface area is 192 Å². The zero-order valence-corrected chi connectivity index (χ0v) is 19.4. The van der Waals surface area contributed by atoms with E-state index in [4.69, 9.17) is 25.6 Å². The van der Waals surface area contributed by atoms with Crippen LogP contribution in [0.15, 0.2) is 36.4 Å². The first-order valence-corrected chi connectivity index (χ1v) is 10.9. The van der Waals surface area contributed by atoms with Crippen molar-refractivity contribution in [1.82, 2.24) is 5.32 Å². The van der Waals surface area contributed by atoms with E-state index in [0.29, 0.717) is 16.8 Å². The molecule has 170 valence electrons. The fourth-order valence-corrected chi connectivity index (χ4v) is 4.65. The van der Waals surface area contributed by atoms with Gasteiger partial charge in [-0.3, -0.25) is 0 Å². The molecule has 1 saturated heterocycles. The van der Waals surface area contributed by atoms with Crippen molar-refractivity contribution in [2.45, 2.75) is 57.3 Å². The monoisotopic (exact) mass is 461 g/mol. The number of fused-ring (bicyclic) bond motifs is 1. The molecule has 32 heavy (non-hydrogen) atoms. The minimum atomic E-state index is -1.18. The van der Waals surface area contributed by atoms with E-state index in [0.717, 1.165) is 5.56 Å². The molecule has 2 heterocycles. The number of nitrogens with one attached hydrogen (secondary N) is 1. The summed E-state index contributed by atoms with van der Waals surface area (Å²) in [4.78, 5) is 11.3. The first kappa shape index (κ1) is 22.9. The van der Waals surface area contributed by atoms with E-state index in [2.05, 4.69) is 5.32 Å². The fourth-order valence-electron chi connectivity index (χ4n) is 4.40. The minimum Gasteiger partial charge on any atom is -0.480 e. The molecule has 2 N–H and O–H groups in total. The second-order valence-corrected chi connectivity index (χ2v) is 9.70. The summed E-state index contributed by atoms with van der Waals surface area (Å²) in [5.74, 6) is -0.753. The zero-order chi connectivity index (χ0) is 23.5. The molecule has 2 aliphatic heterocycles. The van der Waals surface area contributed by atoms with Crippen molar-refractivity contribution in [3.63, 3.8) is 0 Å². The Morgan fingerprint density at radius 3 is 2.34 bits per heavy atom. The van der Waals surface area contributed by atoms with Crippen LogP contribution in [-0.2, 0) is 14.9 Å². The molecule has 0 aliphatic carbocycles. The first-order valence-electron chi connectivity index (χ1n) is 10.5. The van der Waals surface area contributed by atoms with Crippen LogP contribution in [0, 0.1) is 5.82 Å². The van der Waals surface area contributed by atoms with Crippen molar-refractivity contribution in [3.05, 3.63) is 58.4 Å². The predicted octanol–water partition coefficient (Wildman–Crippen LogP) is 4.44. The summed E-state index contributed by atoms with van der Waals surface area (Å²) in [6.45, 7) is 9.50. The molecule has 0 saturated carbocycles. The van der Waals surface area contributed by atoms with Crippen molar-refractivity contribution in [2.75, 3.05) is 6.54 Å². The number of halogens is 2. The van der Waals surface area contributed by atoms with E-state index in [1.54, 1.807) is 0 Å². The maximum atomic E-state index is 14.9. The van der Waals surface area contributed by atoms with E-state index in [9.17, 15) is 14.3 Å². The van der Waals surface area contributed by atoms with Crippen molar-refractivity contribution >= 4 is 30.3 Å². The summed E-state index contributed by atoms with van der Waals surface area (Å²) in [5, 5.41) is 11.6. The predicted molar refractivity (Wildman–Crippen MR) is 120 cm³/mol. The van der Waals surface area contributed by atoms with Crippen molar-refractivity contribution in [2.24, 2.45) is 0 Å². The van der Waals surface area contributed by atoms with E-state index in [1.165, 1.54) is 6.07 Å². The highest BCUT2D eigenvalue weighted by Crippen LogP contribution is 2.51. The van der Waals surface area contributed by atoms with Crippen molar-refractivity contribution in [3.8, 4) is 5.75 Å². The van der Waals surface area contributed by atoms with Crippen LogP contribution < -0.4 is 15.5 Å². The smallest absolute Gasteiger partial charge is 0.480 e. The van der Waals surface area contributed by atoms with E-state index >= 15 is 0 Å². The molecule has 0 unspecified atom stereocenters. The molecule has 0 radical (unpaired) electrons. The second-order valence-electron chi connectivity index (χ2n) is 9.32. The molecular weight excluding hydrogens is 436 g/mol. The van der Waals surface area contributed by atoms with Gasteiger partial charge in [0.1, 0.15) is 11.6 Å². The standard InChI is InChI=1S/C23H26BClFNO5/c1-13-17-16(30-23(13,12-27-20(28)29)14-9-7-6-8-10-14)11-15(26)19(25)18(17)24-31-21(2,3)22(4,5)32-24/h6-11,13,27H,12H2,1-5H3,(H,28,29)/t13-,23-/m0/s1. The van der Waals surface area contributed by atoms with Gasteiger partial charge in [0.15, 0.2) is 5.60 Å². The Bertz CT molecular complexity index is 1050. The van der Waals surface area contributed by atoms with Gasteiger partial charge in [-0.05, 0) is 33.3 Å². The highest BCUT2D eigenvalue weighted by atomic mass is 35.5. The number of rotatable bonds is 4. The molecule has 0 bridgehead atoms. The minimum absolute atomic E-state index is 0.0375. The molecule has 0 aromatic heterocycles. The maximum Gasteiger partial charge on any atom is 0.496 e. The number of carbonyl (C=O) groups is 1. The maximum absolute atomic E-state index is 14.9. The molecule has 4 rings (SSSR count). The van der Waals surface area contributed by atoms with E-state index in [1.807, 2.05) is 65.0 Å². The lowest BCUT2D eigenvalue weighted by molar-refractivity contribution is 0.00578. The van der Waals surface area contributed by atoms with Crippen LogP contribution in [-0.4, -0.2) is 36.1 Å². The third-order valence-corrected chi connectivity index (χ3v) is 7.32. The molecule has 2 atom stereocenters. The highest BCUT2D eigenvalue weighted by molar-refractivity contribution is 6.66. The molecule has 6 nitrogen and oxygen atoms in total. The summed E-state index contributed by atoms with van der Waals surface area (Å²) in [6.07, 6.45) is -1.18. The zero-order valence-electron chi connectivity index (χ0n) is 18.7. The first-order chi connectivity index (χ1) is 14.9. The van der Waals surface area contributed by atoms with Gasteiger partial charge < -0.3 is 24.5 Å². The lowest BCUT2D eigenvalue weighted by Gasteiger charge is -2.33. The molecule has 0 spiro atoms. The van der Waals surface area contributed by atoms with Crippen LogP contribution in [0.3, 0.4) is 0 Å². The molecule has 9 heteroatoms. The summed E-state index contributed by atoms with van der Waals surface area (Å²) in [7, 11) is -0.901. The van der Waals surface area contributed by atoms with Gasteiger partial charge in [-0.1, -0.05) is 48.9 Å². The van der Waals surface area contributed by atoms with Crippen LogP contribution in [0.2, 0.25) is 5.02 Å². The molecular formula is C23H26BClFNO5. The number of hydrogen-bond donors (Lipinski definition) is 2. The lowest BCUT2D eigenvalue weighted by Crippen LogP contribution is -2.46. The Kier molecular flexibility index (Phi) is 5.47. The highest BCUT2D eigenvalue weighted by Gasteiger charge is 2.56. The van der Waals surface area contributed by atoms with Crippen LogP contribution in [0.1, 0.15) is 51.7 Å². The number of carboxylic acid groups (broad SMARTS) is 1. The Morgan fingerprint density at radius 1 is 1.19 bits per heavy atom. The van der Waals surface area contributed by atoms with Crippen LogP contribution >= 0.6 is 11.6 Å². The van der Waals surface area contributed by atoms with Gasteiger partial charge in [0.05, 0.1) is 22.8 Å². The van der Waals surface area contributed by atoms with Gasteiger partial charge in [-0.2, -0.15) is 0 Å². The molecule has 2 aromatic carbocycles. The summed E-state index contributed by atoms with van der Waals surface area (Å²) >= 11 is 6.47. The molecule has 2 aromatic rings. The topological polar surface area (TPSA) is 77.0 Å².